The van der Waals surface area contributed by atoms with Crippen molar-refractivity contribution in [2.24, 2.45) is 0 Å². The molecule has 2 aromatic rings. The predicted octanol–water partition coefficient (Wildman–Crippen LogP) is 4.15. The second-order valence-electron chi connectivity index (χ2n) is 4.53. The molecule has 0 saturated carbocycles. The minimum Gasteiger partial charge on any atom is -0.372 e. The first-order valence-electron chi connectivity index (χ1n) is 6.89. The third-order valence-electron chi connectivity index (χ3n) is 3.30. The summed E-state index contributed by atoms with van der Waals surface area (Å²) >= 11 is 0. The van der Waals surface area contributed by atoms with Crippen LogP contribution in [0.4, 0.5) is 17.1 Å². The molecule has 0 aliphatic rings. The molecule has 0 amide bonds. The van der Waals surface area contributed by atoms with E-state index in [4.69, 9.17) is 5.26 Å². The van der Waals surface area contributed by atoms with Gasteiger partial charge in [0.15, 0.2) is 0 Å². The Balaban J connectivity index is 2.08. The standard InChI is InChI=1S/C17H19N3/c1-3-20(4-2)17-11-9-16(10-12-17)19-15-7-5-14(13-18)6-8-15/h5-12,19H,3-4H2,1-2H3. The second-order valence-corrected chi connectivity index (χ2v) is 4.53. The van der Waals surface area contributed by atoms with Crippen LogP contribution in [0.5, 0.6) is 0 Å². The van der Waals surface area contributed by atoms with Gasteiger partial charge in [-0.25, -0.2) is 0 Å². The highest BCUT2D eigenvalue weighted by molar-refractivity contribution is 5.63. The van der Waals surface area contributed by atoms with Crippen LogP contribution >= 0.6 is 0 Å². The maximum atomic E-state index is 8.77. The third kappa shape index (κ3) is 3.30. The van der Waals surface area contributed by atoms with Gasteiger partial charge >= 0.3 is 0 Å². The Morgan fingerprint density at radius 1 is 0.900 bits per heavy atom. The van der Waals surface area contributed by atoms with Crippen molar-refractivity contribution in [3.8, 4) is 6.07 Å². The van der Waals surface area contributed by atoms with Crippen molar-refractivity contribution < 1.29 is 0 Å². The number of nitrogens with one attached hydrogen (secondary N) is 1. The molecule has 1 N–H and O–H groups in total. The third-order valence-corrected chi connectivity index (χ3v) is 3.30. The van der Waals surface area contributed by atoms with E-state index in [1.165, 1.54) is 5.69 Å². The summed E-state index contributed by atoms with van der Waals surface area (Å²) in [5.41, 5.74) is 3.94. The van der Waals surface area contributed by atoms with Crippen LogP contribution in [0.3, 0.4) is 0 Å². The summed E-state index contributed by atoms with van der Waals surface area (Å²) in [6, 6.07) is 18.0. The summed E-state index contributed by atoms with van der Waals surface area (Å²) < 4.78 is 0. The van der Waals surface area contributed by atoms with E-state index >= 15 is 0 Å². The molecule has 3 heteroatoms. The lowest BCUT2D eigenvalue weighted by atomic mass is 10.2. The maximum Gasteiger partial charge on any atom is 0.0991 e. The fourth-order valence-corrected chi connectivity index (χ4v) is 2.14. The zero-order chi connectivity index (χ0) is 14.4. The van der Waals surface area contributed by atoms with E-state index in [0.29, 0.717) is 5.56 Å². The molecule has 20 heavy (non-hydrogen) atoms. The molecule has 0 bridgehead atoms. The number of anilines is 3. The fourth-order valence-electron chi connectivity index (χ4n) is 2.14. The maximum absolute atomic E-state index is 8.77. The Morgan fingerprint density at radius 2 is 1.40 bits per heavy atom. The molecular formula is C17H19N3. The summed E-state index contributed by atoms with van der Waals surface area (Å²) in [7, 11) is 0. The lowest BCUT2D eigenvalue weighted by molar-refractivity contribution is 0.866. The molecule has 0 spiro atoms. The molecule has 0 aromatic heterocycles. The zero-order valence-electron chi connectivity index (χ0n) is 11.9. The minimum atomic E-state index is 0.674. The molecular weight excluding hydrogens is 246 g/mol. The molecule has 3 nitrogen and oxygen atoms in total. The van der Waals surface area contributed by atoms with Crippen molar-refractivity contribution in [1.29, 1.82) is 5.26 Å². The Labute approximate surface area is 120 Å². The van der Waals surface area contributed by atoms with E-state index in [0.717, 1.165) is 24.5 Å². The van der Waals surface area contributed by atoms with Gasteiger partial charge in [0.1, 0.15) is 0 Å². The van der Waals surface area contributed by atoms with Gasteiger partial charge in [-0.3, -0.25) is 0 Å². The Kier molecular flexibility index (Phi) is 4.62. The van der Waals surface area contributed by atoms with Gasteiger partial charge in [-0.1, -0.05) is 0 Å². The molecule has 102 valence electrons. The Hall–Kier alpha value is -2.47. The largest absolute Gasteiger partial charge is 0.372 e. The first-order valence-corrected chi connectivity index (χ1v) is 6.89. The number of nitriles is 1. The van der Waals surface area contributed by atoms with Crippen LogP contribution in [0.2, 0.25) is 0 Å². The molecule has 0 radical (unpaired) electrons. The van der Waals surface area contributed by atoms with Crippen molar-refractivity contribution in [3.63, 3.8) is 0 Å². The topological polar surface area (TPSA) is 39.1 Å². The minimum absolute atomic E-state index is 0.674. The van der Waals surface area contributed by atoms with Crippen LogP contribution in [-0.4, -0.2) is 13.1 Å². The average molecular weight is 265 g/mol. The summed E-state index contributed by atoms with van der Waals surface area (Å²) in [6.45, 7) is 6.34. The van der Waals surface area contributed by atoms with Crippen LogP contribution in [0.25, 0.3) is 0 Å². The SMILES string of the molecule is CCN(CC)c1ccc(Nc2ccc(C#N)cc2)cc1. The quantitative estimate of drug-likeness (QED) is 0.882. The lowest BCUT2D eigenvalue weighted by Crippen LogP contribution is -2.21. The summed E-state index contributed by atoms with van der Waals surface area (Å²) in [6.07, 6.45) is 0. The predicted molar refractivity (Wildman–Crippen MR) is 84.4 cm³/mol. The van der Waals surface area contributed by atoms with Gasteiger partial charge in [-0.15, -0.1) is 0 Å². The lowest BCUT2D eigenvalue weighted by Gasteiger charge is -2.21. The van der Waals surface area contributed by atoms with Gasteiger partial charge in [0.25, 0.3) is 0 Å². The highest BCUT2D eigenvalue weighted by Crippen LogP contribution is 2.21. The Bertz CT molecular complexity index is 575. The molecule has 0 heterocycles. The molecule has 0 atom stereocenters. The van der Waals surface area contributed by atoms with Crippen LogP contribution in [0.15, 0.2) is 48.5 Å². The van der Waals surface area contributed by atoms with E-state index in [1.807, 2.05) is 24.3 Å². The van der Waals surface area contributed by atoms with Crippen molar-refractivity contribution in [2.75, 3.05) is 23.3 Å². The summed E-state index contributed by atoms with van der Waals surface area (Å²) in [5.74, 6) is 0. The van der Waals surface area contributed by atoms with Gasteiger partial charge in [-0.05, 0) is 62.4 Å². The van der Waals surface area contributed by atoms with Crippen molar-refractivity contribution >= 4 is 17.1 Å². The van der Waals surface area contributed by atoms with Crippen molar-refractivity contribution in [1.82, 2.24) is 0 Å². The van der Waals surface area contributed by atoms with Crippen LogP contribution in [0, 0.1) is 11.3 Å². The van der Waals surface area contributed by atoms with E-state index in [1.54, 1.807) is 0 Å². The van der Waals surface area contributed by atoms with Crippen molar-refractivity contribution in [2.45, 2.75) is 13.8 Å². The molecule has 2 aromatic carbocycles. The molecule has 0 aliphatic heterocycles. The normalized spacial score (nSPS) is 9.85. The first-order chi connectivity index (χ1) is 9.76. The molecule has 0 saturated heterocycles. The number of nitrogens with zero attached hydrogens (tertiary/aromatic N) is 2. The number of rotatable bonds is 5. The second kappa shape index (κ2) is 6.63. The summed E-state index contributed by atoms with van der Waals surface area (Å²) in [5, 5.41) is 12.1. The highest BCUT2D eigenvalue weighted by atomic mass is 15.1. The van der Waals surface area contributed by atoms with E-state index in [9.17, 15) is 0 Å². The molecule has 0 unspecified atom stereocenters. The van der Waals surface area contributed by atoms with E-state index < -0.39 is 0 Å². The van der Waals surface area contributed by atoms with Gasteiger partial charge in [-0.2, -0.15) is 5.26 Å². The highest BCUT2D eigenvalue weighted by Gasteiger charge is 2.01. The van der Waals surface area contributed by atoms with Crippen molar-refractivity contribution in [3.05, 3.63) is 54.1 Å². The fraction of sp³-hybridized carbons (Fsp3) is 0.235. The molecule has 0 aliphatic carbocycles. The van der Waals surface area contributed by atoms with Gasteiger partial charge in [0.05, 0.1) is 11.6 Å². The van der Waals surface area contributed by atoms with Crippen LogP contribution in [0.1, 0.15) is 19.4 Å². The Morgan fingerprint density at radius 3 is 1.85 bits per heavy atom. The monoisotopic (exact) mass is 265 g/mol. The van der Waals surface area contributed by atoms with Crippen LogP contribution < -0.4 is 10.2 Å². The first kappa shape index (κ1) is 14.0. The molecule has 0 fully saturated rings. The number of hydrogen-bond acceptors (Lipinski definition) is 3. The smallest absolute Gasteiger partial charge is 0.0991 e. The average Bonchev–Trinajstić information content (AvgIpc) is 2.51. The van der Waals surface area contributed by atoms with Gasteiger partial charge in [0.2, 0.25) is 0 Å². The van der Waals surface area contributed by atoms with Crippen LogP contribution in [-0.2, 0) is 0 Å². The van der Waals surface area contributed by atoms with E-state index in [-0.39, 0.29) is 0 Å². The number of hydrogen-bond donors (Lipinski definition) is 1. The van der Waals surface area contributed by atoms with E-state index in [2.05, 4.69) is 54.4 Å². The zero-order valence-corrected chi connectivity index (χ0v) is 11.9. The number of benzene rings is 2. The summed E-state index contributed by atoms with van der Waals surface area (Å²) in [4.78, 5) is 2.31. The van der Waals surface area contributed by atoms with Gasteiger partial charge in [0, 0.05) is 30.2 Å². The van der Waals surface area contributed by atoms with Gasteiger partial charge < -0.3 is 10.2 Å². The molecule has 2 rings (SSSR count).